The van der Waals surface area contributed by atoms with Crippen LogP contribution in [0.3, 0.4) is 0 Å². The first-order valence-corrected chi connectivity index (χ1v) is 7.91. The van der Waals surface area contributed by atoms with E-state index in [-0.39, 0.29) is 24.3 Å². The third-order valence-corrected chi connectivity index (χ3v) is 4.55. The molecule has 1 heterocycles. The molecule has 5 heteroatoms. The minimum Gasteiger partial charge on any atom is -0.493 e. The summed E-state index contributed by atoms with van der Waals surface area (Å²) >= 11 is 0. The average Bonchev–Trinajstić information content (AvgIpc) is 2.90. The van der Waals surface area contributed by atoms with Gasteiger partial charge in [0.15, 0.2) is 11.5 Å². The van der Waals surface area contributed by atoms with Gasteiger partial charge in [-0.25, -0.2) is 5.06 Å². The zero-order valence-corrected chi connectivity index (χ0v) is 13.8. The van der Waals surface area contributed by atoms with Crippen LogP contribution in [0.1, 0.15) is 23.5 Å². The summed E-state index contributed by atoms with van der Waals surface area (Å²) in [5.74, 6) is 0.918. The van der Waals surface area contributed by atoms with Gasteiger partial charge in [0.25, 0.3) is 0 Å². The summed E-state index contributed by atoms with van der Waals surface area (Å²) in [4.78, 5) is 12.1. The van der Waals surface area contributed by atoms with Crippen molar-refractivity contribution in [2.75, 3.05) is 14.2 Å². The SMILES string of the molecule is COc1ccc([C@H]2CC(=O)N(O)[C@@H]2Cc2ccccc2)cc1OC. The lowest BCUT2D eigenvalue weighted by Crippen LogP contribution is -2.33. The molecule has 5 nitrogen and oxygen atoms in total. The van der Waals surface area contributed by atoms with Gasteiger partial charge < -0.3 is 9.47 Å². The van der Waals surface area contributed by atoms with E-state index in [4.69, 9.17) is 9.47 Å². The monoisotopic (exact) mass is 327 g/mol. The molecule has 1 amide bonds. The highest BCUT2D eigenvalue weighted by molar-refractivity contribution is 5.79. The first-order chi connectivity index (χ1) is 11.6. The minimum atomic E-state index is -0.294. The number of amides is 1. The number of hydrogen-bond donors (Lipinski definition) is 1. The second-order valence-corrected chi connectivity index (χ2v) is 5.92. The number of carbonyl (C=O) groups is 1. The van der Waals surface area contributed by atoms with Gasteiger partial charge in [-0.2, -0.15) is 0 Å². The summed E-state index contributed by atoms with van der Waals surface area (Å²) in [6.07, 6.45) is 0.881. The van der Waals surface area contributed by atoms with Crippen LogP contribution in [0, 0.1) is 0 Å². The molecule has 2 aromatic carbocycles. The first kappa shape index (κ1) is 16.3. The number of methoxy groups -OCH3 is 2. The predicted octanol–water partition coefficient (Wildman–Crippen LogP) is 3.02. The smallest absolute Gasteiger partial charge is 0.246 e. The van der Waals surface area contributed by atoms with Crippen LogP contribution in [0.15, 0.2) is 48.5 Å². The zero-order chi connectivity index (χ0) is 17.1. The Labute approximate surface area is 141 Å². The number of hydrogen-bond acceptors (Lipinski definition) is 4. The van der Waals surface area contributed by atoms with Crippen LogP contribution in [-0.4, -0.2) is 36.4 Å². The minimum absolute atomic E-state index is 0.0949. The van der Waals surface area contributed by atoms with Crippen LogP contribution in [0.4, 0.5) is 0 Å². The summed E-state index contributed by atoms with van der Waals surface area (Å²) in [6.45, 7) is 0. The molecule has 2 atom stereocenters. The van der Waals surface area contributed by atoms with Gasteiger partial charge in [-0.1, -0.05) is 36.4 Å². The number of carbonyl (C=O) groups excluding carboxylic acids is 1. The van der Waals surface area contributed by atoms with Crippen LogP contribution >= 0.6 is 0 Å². The molecule has 126 valence electrons. The van der Waals surface area contributed by atoms with Gasteiger partial charge in [0.05, 0.1) is 20.3 Å². The molecule has 0 aliphatic carbocycles. The van der Waals surface area contributed by atoms with E-state index in [1.807, 2.05) is 48.5 Å². The number of rotatable bonds is 5. The Kier molecular flexibility index (Phi) is 4.71. The highest BCUT2D eigenvalue weighted by atomic mass is 16.5. The number of hydroxylamine groups is 2. The Hall–Kier alpha value is -2.53. The lowest BCUT2D eigenvalue weighted by atomic mass is 9.88. The number of benzene rings is 2. The van der Waals surface area contributed by atoms with E-state index in [1.54, 1.807) is 14.2 Å². The molecule has 1 aliphatic heterocycles. The molecular weight excluding hydrogens is 306 g/mol. The van der Waals surface area contributed by atoms with Gasteiger partial charge in [0.1, 0.15) is 0 Å². The van der Waals surface area contributed by atoms with Crippen molar-refractivity contribution in [2.45, 2.75) is 24.8 Å². The van der Waals surface area contributed by atoms with Crippen molar-refractivity contribution >= 4 is 5.91 Å². The Morgan fingerprint density at radius 1 is 1.08 bits per heavy atom. The molecule has 1 fully saturated rings. The highest BCUT2D eigenvalue weighted by Gasteiger charge is 2.40. The van der Waals surface area contributed by atoms with Gasteiger partial charge in [-0.05, 0) is 29.7 Å². The van der Waals surface area contributed by atoms with Crippen molar-refractivity contribution in [2.24, 2.45) is 0 Å². The van der Waals surface area contributed by atoms with E-state index < -0.39 is 0 Å². The molecule has 0 radical (unpaired) electrons. The molecule has 1 aliphatic rings. The Bertz CT molecular complexity index is 717. The van der Waals surface area contributed by atoms with E-state index in [1.165, 1.54) is 0 Å². The third-order valence-electron chi connectivity index (χ3n) is 4.55. The Morgan fingerprint density at radius 3 is 2.46 bits per heavy atom. The predicted molar refractivity (Wildman–Crippen MR) is 89.5 cm³/mol. The largest absolute Gasteiger partial charge is 0.493 e. The zero-order valence-electron chi connectivity index (χ0n) is 13.8. The number of ether oxygens (including phenoxy) is 2. The summed E-state index contributed by atoms with van der Waals surface area (Å²) < 4.78 is 10.6. The van der Waals surface area contributed by atoms with Crippen LogP contribution < -0.4 is 9.47 Å². The maximum absolute atomic E-state index is 12.1. The van der Waals surface area contributed by atoms with E-state index in [0.717, 1.165) is 16.2 Å². The summed E-state index contributed by atoms with van der Waals surface area (Å²) in [5.41, 5.74) is 2.04. The fourth-order valence-corrected chi connectivity index (χ4v) is 3.28. The van der Waals surface area contributed by atoms with Gasteiger partial charge in [-0.15, -0.1) is 0 Å². The van der Waals surface area contributed by atoms with E-state index in [0.29, 0.717) is 17.9 Å². The standard InChI is InChI=1S/C19H21NO4/c1-23-17-9-8-14(11-18(17)24-2)15-12-19(21)20(22)16(15)10-13-6-4-3-5-7-13/h3-9,11,15-16,22H,10,12H2,1-2H3/t15-,16-/m1/s1. The maximum Gasteiger partial charge on any atom is 0.246 e. The Balaban J connectivity index is 1.91. The van der Waals surface area contributed by atoms with Crippen molar-refractivity contribution in [1.29, 1.82) is 0 Å². The van der Waals surface area contributed by atoms with Gasteiger partial charge in [0, 0.05) is 12.3 Å². The molecule has 0 aromatic heterocycles. The fourth-order valence-electron chi connectivity index (χ4n) is 3.28. The summed E-state index contributed by atoms with van der Waals surface area (Å²) in [5, 5.41) is 11.1. The first-order valence-electron chi connectivity index (χ1n) is 7.91. The van der Waals surface area contributed by atoms with Crippen LogP contribution in [0.25, 0.3) is 0 Å². The molecule has 0 bridgehead atoms. The molecule has 1 saturated heterocycles. The van der Waals surface area contributed by atoms with Crippen molar-refractivity contribution in [3.63, 3.8) is 0 Å². The third kappa shape index (κ3) is 3.08. The summed E-state index contributed by atoms with van der Waals surface area (Å²) in [7, 11) is 3.17. The maximum atomic E-state index is 12.1. The quantitative estimate of drug-likeness (QED) is 0.858. The fraction of sp³-hybridized carbons (Fsp3) is 0.316. The lowest BCUT2D eigenvalue weighted by Gasteiger charge is -2.24. The van der Waals surface area contributed by atoms with Gasteiger partial charge in [0.2, 0.25) is 5.91 Å². The lowest BCUT2D eigenvalue weighted by molar-refractivity contribution is -0.165. The van der Waals surface area contributed by atoms with E-state index >= 15 is 0 Å². The molecular formula is C19H21NO4. The van der Waals surface area contributed by atoms with Crippen LogP contribution in [0.5, 0.6) is 11.5 Å². The Morgan fingerprint density at radius 2 is 1.79 bits per heavy atom. The van der Waals surface area contributed by atoms with Crippen molar-refractivity contribution < 1.29 is 19.5 Å². The van der Waals surface area contributed by atoms with Crippen molar-refractivity contribution in [3.05, 3.63) is 59.7 Å². The van der Waals surface area contributed by atoms with Crippen LogP contribution in [-0.2, 0) is 11.2 Å². The molecule has 0 saturated carbocycles. The molecule has 24 heavy (non-hydrogen) atoms. The average molecular weight is 327 g/mol. The topological polar surface area (TPSA) is 59.0 Å². The molecule has 0 unspecified atom stereocenters. The normalized spacial score (nSPS) is 20.3. The molecule has 0 spiro atoms. The summed E-state index contributed by atoms with van der Waals surface area (Å²) in [6, 6.07) is 15.2. The second kappa shape index (κ2) is 6.93. The van der Waals surface area contributed by atoms with Gasteiger partial charge >= 0.3 is 0 Å². The molecule has 3 rings (SSSR count). The van der Waals surface area contributed by atoms with E-state index in [9.17, 15) is 10.0 Å². The van der Waals surface area contributed by atoms with Gasteiger partial charge in [-0.3, -0.25) is 10.0 Å². The second-order valence-electron chi connectivity index (χ2n) is 5.92. The van der Waals surface area contributed by atoms with Crippen molar-refractivity contribution in [1.82, 2.24) is 5.06 Å². The van der Waals surface area contributed by atoms with Crippen LogP contribution in [0.2, 0.25) is 0 Å². The van der Waals surface area contributed by atoms with E-state index in [2.05, 4.69) is 0 Å². The number of nitrogens with zero attached hydrogens (tertiary/aromatic N) is 1. The molecule has 1 N–H and O–H groups in total. The molecule has 2 aromatic rings. The van der Waals surface area contributed by atoms with Crippen molar-refractivity contribution in [3.8, 4) is 11.5 Å². The highest BCUT2D eigenvalue weighted by Crippen LogP contribution is 2.38.